The fourth-order valence-electron chi connectivity index (χ4n) is 1.40. The van der Waals surface area contributed by atoms with Crippen LogP contribution in [-0.2, 0) is 9.59 Å². The molecule has 1 rings (SSSR count). The molecule has 5 heteroatoms. The number of rotatable bonds is 3. The van der Waals surface area contributed by atoms with Gasteiger partial charge in [-0.15, -0.1) is 0 Å². The highest BCUT2D eigenvalue weighted by molar-refractivity contribution is 5.95. The van der Waals surface area contributed by atoms with E-state index in [1.54, 1.807) is 6.92 Å². The minimum atomic E-state index is -0.868. The zero-order valence-electron chi connectivity index (χ0n) is 7.91. The second-order valence-electron chi connectivity index (χ2n) is 3.55. The Morgan fingerprint density at radius 2 is 2.31 bits per heavy atom. The number of amides is 2. The molecule has 0 aromatic heterocycles. The summed E-state index contributed by atoms with van der Waals surface area (Å²) in [6.07, 6.45) is 0.515. The smallest absolute Gasteiger partial charge is 0.243 e. The molecular weight excluding hydrogens is 170 g/mol. The van der Waals surface area contributed by atoms with Crippen LogP contribution in [0.2, 0.25) is 0 Å². The molecule has 1 heterocycles. The van der Waals surface area contributed by atoms with Gasteiger partial charge in [0.1, 0.15) is 11.6 Å². The van der Waals surface area contributed by atoms with Crippen molar-refractivity contribution in [3.05, 3.63) is 0 Å². The number of β-lactam (4-membered cyclic amide) rings is 1. The molecule has 1 aliphatic rings. The zero-order valence-corrected chi connectivity index (χ0v) is 7.91. The number of likely N-dealkylation sites (tertiary alicyclic amines) is 1. The van der Waals surface area contributed by atoms with Gasteiger partial charge in [0.25, 0.3) is 0 Å². The summed E-state index contributed by atoms with van der Waals surface area (Å²) in [7, 11) is 0. The molecule has 0 saturated carbocycles. The lowest BCUT2D eigenvalue weighted by molar-refractivity contribution is -0.157. The van der Waals surface area contributed by atoms with Crippen LogP contribution in [-0.4, -0.2) is 34.8 Å². The highest BCUT2D eigenvalue weighted by Crippen LogP contribution is 2.25. The molecule has 0 aliphatic carbocycles. The average molecular weight is 185 g/mol. The van der Waals surface area contributed by atoms with Crippen LogP contribution in [0, 0.1) is 0 Å². The van der Waals surface area contributed by atoms with Crippen LogP contribution >= 0.6 is 0 Å². The van der Waals surface area contributed by atoms with Gasteiger partial charge in [-0.05, 0) is 13.3 Å². The number of nitrogens with two attached hydrogens (primary N) is 2. The van der Waals surface area contributed by atoms with E-state index >= 15 is 0 Å². The molecule has 2 atom stereocenters. The summed E-state index contributed by atoms with van der Waals surface area (Å²) in [6, 6.07) is -0.453. The molecule has 13 heavy (non-hydrogen) atoms. The summed E-state index contributed by atoms with van der Waals surface area (Å²) in [5.41, 5.74) is 9.78. The lowest BCUT2D eigenvalue weighted by atomic mass is 9.90. The third-order valence-electron chi connectivity index (χ3n) is 2.78. The van der Waals surface area contributed by atoms with E-state index in [4.69, 9.17) is 11.5 Å². The van der Waals surface area contributed by atoms with E-state index in [0.29, 0.717) is 13.0 Å². The second-order valence-corrected chi connectivity index (χ2v) is 3.55. The standard InChI is InChI=1S/C8H15N3O2/c1-3-8(2,7(10)13)11-4-5(9)6(11)12/h5H,3-4,9H2,1-2H3,(H2,10,13). The van der Waals surface area contributed by atoms with Crippen molar-refractivity contribution in [3.63, 3.8) is 0 Å². The van der Waals surface area contributed by atoms with E-state index < -0.39 is 17.5 Å². The third-order valence-corrected chi connectivity index (χ3v) is 2.78. The summed E-state index contributed by atoms with van der Waals surface area (Å²) in [5, 5.41) is 0. The van der Waals surface area contributed by atoms with Crippen molar-refractivity contribution < 1.29 is 9.59 Å². The van der Waals surface area contributed by atoms with E-state index in [1.165, 1.54) is 4.90 Å². The fraction of sp³-hybridized carbons (Fsp3) is 0.750. The topological polar surface area (TPSA) is 89.4 Å². The Bertz CT molecular complexity index is 254. The number of hydrogen-bond acceptors (Lipinski definition) is 3. The first-order valence-electron chi connectivity index (χ1n) is 4.30. The maximum atomic E-state index is 11.3. The molecule has 0 aromatic carbocycles. The van der Waals surface area contributed by atoms with Crippen LogP contribution in [0.4, 0.5) is 0 Å². The van der Waals surface area contributed by atoms with Crippen LogP contribution in [0.25, 0.3) is 0 Å². The minimum absolute atomic E-state index is 0.192. The molecule has 1 fully saturated rings. The largest absolute Gasteiger partial charge is 0.368 e. The summed E-state index contributed by atoms with van der Waals surface area (Å²) in [5.74, 6) is -0.668. The first kappa shape index (κ1) is 9.98. The summed E-state index contributed by atoms with van der Waals surface area (Å²) in [4.78, 5) is 23.8. The highest BCUT2D eigenvalue weighted by Gasteiger charge is 2.47. The summed E-state index contributed by atoms with van der Waals surface area (Å²) < 4.78 is 0. The lowest BCUT2D eigenvalue weighted by Gasteiger charge is -2.46. The van der Waals surface area contributed by atoms with Gasteiger partial charge in [-0.1, -0.05) is 6.92 Å². The van der Waals surface area contributed by atoms with Gasteiger partial charge in [-0.25, -0.2) is 0 Å². The molecular formula is C8H15N3O2. The summed E-state index contributed by atoms with van der Waals surface area (Å²) >= 11 is 0. The Morgan fingerprint density at radius 3 is 2.54 bits per heavy atom. The molecule has 1 saturated heterocycles. The van der Waals surface area contributed by atoms with E-state index in [2.05, 4.69) is 0 Å². The number of primary amides is 1. The molecule has 74 valence electrons. The Hall–Kier alpha value is -1.10. The predicted molar refractivity (Wildman–Crippen MR) is 47.6 cm³/mol. The van der Waals surface area contributed by atoms with Gasteiger partial charge in [-0.2, -0.15) is 0 Å². The average Bonchev–Trinajstić information content (AvgIpc) is 2.12. The first-order chi connectivity index (χ1) is 5.93. The van der Waals surface area contributed by atoms with E-state index in [-0.39, 0.29) is 5.91 Å². The molecule has 0 spiro atoms. The lowest BCUT2D eigenvalue weighted by Crippen LogP contribution is -2.71. The monoisotopic (exact) mass is 185 g/mol. The Labute approximate surface area is 77.1 Å². The number of carbonyl (C=O) groups excluding carboxylic acids is 2. The SMILES string of the molecule is CCC(C)(C(N)=O)N1CC(N)C1=O. The van der Waals surface area contributed by atoms with Crippen molar-refractivity contribution in [1.82, 2.24) is 4.90 Å². The van der Waals surface area contributed by atoms with Crippen molar-refractivity contribution in [2.24, 2.45) is 11.5 Å². The van der Waals surface area contributed by atoms with Gasteiger partial charge in [0.15, 0.2) is 0 Å². The van der Waals surface area contributed by atoms with Crippen LogP contribution in [0.1, 0.15) is 20.3 Å². The number of carbonyl (C=O) groups is 2. The van der Waals surface area contributed by atoms with E-state index in [0.717, 1.165) is 0 Å². The summed E-state index contributed by atoms with van der Waals surface area (Å²) in [6.45, 7) is 3.91. The van der Waals surface area contributed by atoms with Crippen molar-refractivity contribution in [2.75, 3.05) is 6.54 Å². The Morgan fingerprint density at radius 1 is 1.77 bits per heavy atom. The molecule has 0 radical (unpaired) electrons. The molecule has 0 bridgehead atoms. The first-order valence-corrected chi connectivity index (χ1v) is 4.30. The molecule has 1 aliphatic heterocycles. The van der Waals surface area contributed by atoms with Gasteiger partial charge in [-0.3, -0.25) is 9.59 Å². The maximum Gasteiger partial charge on any atom is 0.243 e. The van der Waals surface area contributed by atoms with E-state index in [1.807, 2.05) is 6.92 Å². The van der Waals surface area contributed by atoms with E-state index in [9.17, 15) is 9.59 Å². The quantitative estimate of drug-likeness (QED) is 0.542. The normalized spacial score (nSPS) is 26.5. The highest BCUT2D eigenvalue weighted by atomic mass is 16.2. The molecule has 5 nitrogen and oxygen atoms in total. The van der Waals surface area contributed by atoms with Crippen LogP contribution in [0.5, 0.6) is 0 Å². The fourth-order valence-corrected chi connectivity index (χ4v) is 1.40. The molecule has 2 unspecified atom stereocenters. The van der Waals surface area contributed by atoms with Crippen molar-refractivity contribution in [3.8, 4) is 0 Å². The predicted octanol–water partition coefficient (Wildman–Crippen LogP) is -1.19. The number of hydrogen-bond donors (Lipinski definition) is 2. The maximum absolute atomic E-state index is 11.3. The molecule has 4 N–H and O–H groups in total. The van der Waals surface area contributed by atoms with Crippen LogP contribution < -0.4 is 11.5 Å². The van der Waals surface area contributed by atoms with Gasteiger partial charge in [0.2, 0.25) is 11.8 Å². The minimum Gasteiger partial charge on any atom is -0.368 e. The number of nitrogens with zero attached hydrogens (tertiary/aromatic N) is 1. The molecule has 2 amide bonds. The molecule has 0 aromatic rings. The Kier molecular flexibility index (Phi) is 2.30. The van der Waals surface area contributed by atoms with Crippen molar-refractivity contribution in [2.45, 2.75) is 31.8 Å². The zero-order chi connectivity index (χ0) is 10.2. The van der Waals surface area contributed by atoms with Crippen LogP contribution in [0.3, 0.4) is 0 Å². The van der Waals surface area contributed by atoms with Crippen LogP contribution in [0.15, 0.2) is 0 Å². The second kappa shape index (κ2) is 2.99. The van der Waals surface area contributed by atoms with Crippen molar-refractivity contribution in [1.29, 1.82) is 0 Å². The van der Waals surface area contributed by atoms with Crippen molar-refractivity contribution >= 4 is 11.8 Å². The van der Waals surface area contributed by atoms with Gasteiger partial charge in [0, 0.05) is 6.54 Å². The van der Waals surface area contributed by atoms with Gasteiger partial charge in [0.05, 0.1) is 0 Å². The van der Waals surface area contributed by atoms with Gasteiger partial charge < -0.3 is 16.4 Å². The van der Waals surface area contributed by atoms with Gasteiger partial charge >= 0.3 is 0 Å². The third kappa shape index (κ3) is 1.29. The Balaban J connectivity index is 2.80.